The molecule has 1 saturated heterocycles. The summed E-state index contributed by atoms with van der Waals surface area (Å²) in [6.45, 7) is 7.05. The van der Waals surface area contributed by atoms with E-state index >= 15 is 0 Å². The molecular formula is C23H25N3O2. The van der Waals surface area contributed by atoms with Crippen molar-refractivity contribution in [2.75, 3.05) is 26.2 Å². The summed E-state index contributed by atoms with van der Waals surface area (Å²) < 4.78 is 2.32. The van der Waals surface area contributed by atoms with Crippen LogP contribution in [-0.4, -0.2) is 52.4 Å². The first-order chi connectivity index (χ1) is 13.6. The van der Waals surface area contributed by atoms with Gasteiger partial charge in [0, 0.05) is 67.5 Å². The van der Waals surface area contributed by atoms with Gasteiger partial charge in [-0.05, 0) is 36.8 Å². The Morgan fingerprint density at radius 3 is 2.32 bits per heavy atom. The summed E-state index contributed by atoms with van der Waals surface area (Å²) in [6.07, 6.45) is 3.53. The highest BCUT2D eigenvalue weighted by atomic mass is 16.2. The number of rotatable bonds is 3. The topological polar surface area (TPSA) is 45.6 Å². The molecule has 5 heteroatoms. The van der Waals surface area contributed by atoms with E-state index in [1.807, 2.05) is 6.08 Å². The summed E-state index contributed by atoms with van der Waals surface area (Å²) in [7, 11) is 0. The molecular weight excluding hydrogens is 350 g/mol. The molecule has 2 aromatic carbocycles. The van der Waals surface area contributed by atoms with Crippen LogP contribution in [0.4, 0.5) is 0 Å². The Kier molecular flexibility index (Phi) is 4.90. The third kappa shape index (κ3) is 3.28. The molecule has 0 unspecified atom stereocenters. The van der Waals surface area contributed by atoms with Crippen LogP contribution in [0.3, 0.4) is 0 Å². The maximum atomic E-state index is 12.5. The molecule has 0 radical (unpaired) electrons. The van der Waals surface area contributed by atoms with Gasteiger partial charge >= 0.3 is 0 Å². The second-order valence-corrected chi connectivity index (χ2v) is 7.20. The van der Waals surface area contributed by atoms with Crippen LogP contribution in [0.2, 0.25) is 0 Å². The van der Waals surface area contributed by atoms with Crippen molar-refractivity contribution in [3.63, 3.8) is 0 Å². The summed E-state index contributed by atoms with van der Waals surface area (Å²) >= 11 is 0. The minimum Gasteiger partial charge on any atom is -0.341 e. The van der Waals surface area contributed by atoms with Gasteiger partial charge in [0.2, 0.25) is 11.8 Å². The SMILES string of the molecule is CCn1c2ccccc2c2cc(/C=C/C(=O)N3CCN(C(C)=O)CC3)ccc21. The normalized spacial score (nSPS) is 15.1. The average molecular weight is 375 g/mol. The Morgan fingerprint density at radius 1 is 0.929 bits per heavy atom. The van der Waals surface area contributed by atoms with Crippen LogP contribution in [-0.2, 0) is 16.1 Å². The predicted octanol–water partition coefficient (Wildman–Crippen LogP) is 3.52. The van der Waals surface area contributed by atoms with Gasteiger partial charge in [0.1, 0.15) is 0 Å². The average Bonchev–Trinajstić information content (AvgIpc) is 3.05. The third-order valence-corrected chi connectivity index (χ3v) is 5.57. The van der Waals surface area contributed by atoms with E-state index in [1.165, 1.54) is 21.8 Å². The lowest BCUT2D eigenvalue weighted by Crippen LogP contribution is -2.49. The number of nitrogens with zero attached hydrogens (tertiary/aromatic N) is 3. The predicted molar refractivity (Wildman–Crippen MR) is 113 cm³/mol. The zero-order valence-electron chi connectivity index (χ0n) is 16.4. The van der Waals surface area contributed by atoms with Crippen LogP contribution < -0.4 is 0 Å². The smallest absolute Gasteiger partial charge is 0.246 e. The van der Waals surface area contributed by atoms with Gasteiger partial charge in [-0.15, -0.1) is 0 Å². The van der Waals surface area contributed by atoms with Crippen molar-refractivity contribution in [1.82, 2.24) is 14.4 Å². The lowest BCUT2D eigenvalue weighted by atomic mass is 10.1. The molecule has 0 atom stereocenters. The van der Waals surface area contributed by atoms with Gasteiger partial charge in [0.05, 0.1) is 0 Å². The first kappa shape index (κ1) is 18.3. The Balaban J connectivity index is 1.56. The molecule has 3 aromatic rings. The van der Waals surface area contributed by atoms with Crippen molar-refractivity contribution in [1.29, 1.82) is 0 Å². The number of para-hydroxylation sites is 1. The maximum absolute atomic E-state index is 12.5. The van der Waals surface area contributed by atoms with Crippen molar-refractivity contribution in [3.8, 4) is 0 Å². The van der Waals surface area contributed by atoms with Gasteiger partial charge in [0.25, 0.3) is 0 Å². The molecule has 0 saturated carbocycles. The number of hydrogen-bond acceptors (Lipinski definition) is 2. The molecule has 4 rings (SSSR count). The monoisotopic (exact) mass is 375 g/mol. The van der Waals surface area contributed by atoms with E-state index in [9.17, 15) is 9.59 Å². The molecule has 1 aliphatic rings. The minimum absolute atomic E-state index is 0.000662. The van der Waals surface area contributed by atoms with Gasteiger partial charge in [-0.3, -0.25) is 9.59 Å². The van der Waals surface area contributed by atoms with E-state index in [0.29, 0.717) is 26.2 Å². The summed E-state index contributed by atoms with van der Waals surface area (Å²) in [5, 5.41) is 2.45. The summed E-state index contributed by atoms with van der Waals surface area (Å²) in [5.41, 5.74) is 3.47. The quantitative estimate of drug-likeness (QED) is 0.658. The van der Waals surface area contributed by atoms with Gasteiger partial charge in [-0.25, -0.2) is 0 Å². The molecule has 0 spiro atoms. The van der Waals surface area contributed by atoms with E-state index in [4.69, 9.17) is 0 Å². The van der Waals surface area contributed by atoms with E-state index in [0.717, 1.165) is 12.1 Å². The molecule has 144 valence electrons. The third-order valence-electron chi connectivity index (χ3n) is 5.57. The van der Waals surface area contributed by atoms with Crippen molar-refractivity contribution < 1.29 is 9.59 Å². The van der Waals surface area contributed by atoms with E-state index in [2.05, 4.69) is 54.0 Å². The van der Waals surface area contributed by atoms with Crippen LogP contribution in [0.25, 0.3) is 27.9 Å². The standard InChI is InChI=1S/C23H25N3O2/c1-3-26-21-7-5-4-6-19(21)20-16-18(8-10-22(20)26)9-11-23(28)25-14-12-24(13-15-25)17(2)27/h4-11,16H,3,12-15H2,1-2H3/b11-9+. The number of carbonyl (C=O) groups excluding carboxylic acids is 2. The van der Waals surface area contributed by atoms with Gasteiger partial charge in [-0.2, -0.15) is 0 Å². The molecule has 2 heterocycles. The Bertz CT molecular complexity index is 1070. The molecule has 0 aliphatic carbocycles. The van der Waals surface area contributed by atoms with Crippen molar-refractivity contribution in [2.45, 2.75) is 20.4 Å². The van der Waals surface area contributed by atoms with Crippen LogP contribution in [0.5, 0.6) is 0 Å². The molecule has 28 heavy (non-hydrogen) atoms. The van der Waals surface area contributed by atoms with E-state index < -0.39 is 0 Å². The molecule has 0 N–H and O–H groups in total. The second kappa shape index (κ2) is 7.50. The molecule has 1 fully saturated rings. The summed E-state index contributed by atoms with van der Waals surface area (Å²) in [5.74, 6) is 0.0708. The molecule has 0 bridgehead atoms. The lowest BCUT2D eigenvalue weighted by Gasteiger charge is -2.33. The number of fused-ring (bicyclic) bond motifs is 3. The van der Waals surface area contributed by atoms with Gasteiger partial charge in [0.15, 0.2) is 0 Å². The summed E-state index contributed by atoms with van der Waals surface area (Å²) in [4.78, 5) is 27.5. The number of aryl methyl sites for hydroxylation is 1. The van der Waals surface area contributed by atoms with Crippen molar-refractivity contribution in [2.24, 2.45) is 0 Å². The van der Waals surface area contributed by atoms with Gasteiger partial charge in [-0.1, -0.05) is 24.3 Å². The van der Waals surface area contributed by atoms with Crippen molar-refractivity contribution in [3.05, 3.63) is 54.1 Å². The van der Waals surface area contributed by atoms with Gasteiger partial charge < -0.3 is 14.4 Å². The van der Waals surface area contributed by atoms with E-state index in [-0.39, 0.29) is 11.8 Å². The Hall–Kier alpha value is -3.08. The number of hydrogen-bond donors (Lipinski definition) is 0. The number of amides is 2. The number of benzene rings is 2. The van der Waals surface area contributed by atoms with Crippen LogP contribution >= 0.6 is 0 Å². The minimum atomic E-state index is -0.000662. The zero-order valence-corrected chi connectivity index (χ0v) is 16.4. The highest BCUT2D eigenvalue weighted by Crippen LogP contribution is 2.29. The highest BCUT2D eigenvalue weighted by Gasteiger charge is 2.20. The maximum Gasteiger partial charge on any atom is 0.246 e. The van der Waals surface area contributed by atoms with Crippen LogP contribution in [0, 0.1) is 0 Å². The number of piperazine rings is 1. The first-order valence-electron chi connectivity index (χ1n) is 9.82. The van der Waals surface area contributed by atoms with Crippen LogP contribution in [0.15, 0.2) is 48.5 Å². The Labute approximate surface area is 164 Å². The number of aromatic nitrogens is 1. The second-order valence-electron chi connectivity index (χ2n) is 7.20. The molecule has 1 aliphatic heterocycles. The lowest BCUT2D eigenvalue weighted by molar-refractivity contribution is -0.135. The molecule has 1 aromatic heterocycles. The fourth-order valence-corrected chi connectivity index (χ4v) is 4.03. The van der Waals surface area contributed by atoms with Crippen LogP contribution in [0.1, 0.15) is 19.4 Å². The molecule has 2 amide bonds. The fraction of sp³-hybridized carbons (Fsp3) is 0.304. The van der Waals surface area contributed by atoms with E-state index in [1.54, 1.807) is 22.8 Å². The Morgan fingerprint density at radius 2 is 1.61 bits per heavy atom. The summed E-state index contributed by atoms with van der Waals surface area (Å²) in [6, 6.07) is 14.8. The van der Waals surface area contributed by atoms with Crippen molar-refractivity contribution >= 4 is 39.7 Å². The fourth-order valence-electron chi connectivity index (χ4n) is 4.03. The molecule has 5 nitrogen and oxygen atoms in total. The first-order valence-corrected chi connectivity index (χ1v) is 9.82. The largest absolute Gasteiger partial charge is 0.341 e. The zero-order chi connectivity index (χ0) is 19.7. The highest BCUT2D eigenvalue weighted by molar-refractivity contribution is 6.08. The number of carbonyl (C=O) groups is 2.